The number of ether oxygens (including phenoxy) is 1. The summed E-state index contributed by atoms with van der Waals surface area (Å²) < 4.78 is 5.77. The fraction of sp³-hybridized carbons (Fsp3) is 0.333. The Morgan fingerprint density at radius 3 is 2.24 bits per heavy atom. The molecule has 2 amide bonds. The highest BCUT2D eigenvalue weighted by atomic mass is 35.5. The summed E-state index contributed by atoms with van der Waals surface area (Å²) in [6.07, 6.45) is 1.96. The number of amides is 2. The standard InChI is InChI=1S/C30H34Cl2N2O3/c1-3-22(2)33-30(36)28(20-23-11-6-4-7-12-23)34(21-24-16-17-26(31)27(32)19-24)29(35)15-10-18-37-25-13-8-5-9-14-25/h4-9,11-14,16-17,19,22,28H,3,10,15,18,20-21H2,1-2H3,(H,33,36). The molecule has 0 heterocycles. The third kappa shape index (κ3) is 9.10. The summed E-state index contributed by atoms with van der Waals surface area (Å²) in [6, 6.07) is 23.8. The first kappa shape index (κ1) is 28.5. The van der Waals surface area contributed by atoms with Crippen LogP contribution in [0.25, 0.3) is 0 Å². The van der Waals surface area contributed by atoms with E-state index in [1.165, 1.54) is 0 Å². The summed E-state index contributed by atoms with van der Waals surface area (Å²) in [4.78, 5) is 28.8. The van der Waals surface area contributed by atoms with Gasteiger partial charge in [0.05, 0.1) is 16.7 Å². The Hall–Kier alpha value is -3.02. The molecule has 0 radical (unpaired) electrons. The van der Waals surface area contributed by atoms with Gasteiger partial charge in [-0.3, -0.25) is 9.59 Å². The molecular weight excluding hydrogens is 507 g/mol. The van der Waals surface area contributed by atoms with Crippen molar-refractivity contribution in [2.75, 3.05) is 6.61 Å². The van der Waals surface area contributed by atoms with Crippen LogP contribution in [0.2, 0.25) is 10.0 Å². The van der Waals surface area contributed by atoms with Gasteiger partial charge in [-0.2, -0.15) is 0 Å². The van der Waals surface area contributed by atoms with E-state index >= 15 is 0 Å². The van der Waals surface area contributed by atoms with Crippen molar-refractivity contribution in [2.24, 2.45) is 0 Å². The summed E-state index contributed by atoms with van der Waals surface area (Å²) in [5, 5.41) is 3.93. The Bertz CT molecular complexity index is 1140. The van der Waals surface area contributed by atoms with Crippen molar-refractivity contribution in [1.82, 2.24) is 10.2 Å². The number of hydrogen-bond donors (Lipinski definition) is 1. The number of para-hydroxylation sites is 1. The van der Waals surface area contributed by atoms with Gasteiger partial charge >= 0.3 is 0 Å². The maximum atomic E-state index is 13.6. The fourth-order valence-corrected chi connectivity index (χ4v) is 4.22. The summed E-state index contributed by atoms with van der Waals surface area (Å²) >= 11 is 12.4. The quantitative estimate of drug-likeness (QED) is 0.245. The van der Waals surface area contributed by atoms with Crippen LogP contribution >= 0.6 is 23.2 Å². The lowest BCUT2D eigenvalue weighted by Crippen LogP contribution is -2.52. The van der Waals surface area contributed by atoms with Crippen LogP contribution in [0.1, 0.15) is 44.2 Å². The van der Waals surface area contributed by atoms with Gasteiger partial charge in [0.1, 0.15) is 11.8 Å². The highest BCUT2D eigenvalue weighted by molar-refractivity contribution is 6.42. The van der Waals surface area contributed by atoms with Gasteiger partial charge in [0, 0.05) is 25.4 Å². The molecule has 3 aromatic rings. The number of carbonyl (C=O) groups is 2. The normalized spacial score (nSPS) is 12.4. The van der Waals surface area contributed by atoms with Gasteiger partial charge in [0.25, 0.3) is 0 Å². The minimum Gasteiger partial charge on any atom is -0.494 e. The first-order valence-corrected chi connectivity index (χ1v) is 13.4. The lowest BCUT2D eigenvalue weighted by atomic mass is 10.0. The van der Waals surface area contributed by atoms with E-state index in [-0.39, 0.29) is 30.8 Å². The highest BCUT2D eigenvalue weighted by Gasteiger charge is 2.30. The molecule has 0 spiro atoms. The molecule has 5 nitrogen and oxygen atoms in total. The number of benzene rings is 3. The molecule has 0 aliphatic rings. The van der Waals surface area contributed by atoms with Gasteiger partial charge in [-0.25, -0.2) is 0 Å². The van der Waals surface area contributed by atoms with Gasteiger partial charge < -0.3 is 15.0 Å². The van der Waals surface area contributed by atoms with Crippen LogP contribution in [-0.2, 0) is 22.6 Å². The van der Waals surface area contributed by atoms with Gasteiger partial charge in [-0.1, -0.05) is 84.7 Å². The van der Waals surface area contributed by atoms with Crippen LogP contribution in [0.15, 0.2) is 78.9 Å². The third-order valence-corrected chi connectivity index (χ3v) is 6.89. The second-order valence-electron chi connectivity index (χ2n) is 9.06. The Kier molecular flexibility index (Phi) is 11.3. The SMILES string of the molecule is CCC(C)NC(=O)C(Cc1ccccc1)N(Cc1ccc(Cl)c(Cl)c1)C(=O)CCCOc1ccccc1. The van der Waals surface area contributed by atoms with Crippen LogP contribution in [0.3, 0.4) is 0 Å². The van der Waals surface area contributed by atoms with Crippen molar-refractivity contribution in [1.29, 1.82) is 0 Å². The van der Waals surface area contributed by atoms with E-state index in [1.807, 2.05) is 80.6 Å². The zero-order valence-corrected chi connectivity index (χ0v) is 22.8. The Morgan fingerprint density at radius 1 is 0.919 bits per heavy atom. The molecule has 7 heteroatoms. The summed E-state index contributed by atoms with van der Waals surface area (Å²) in [5.41, 5.74) is 1.78. The molecule has 0 saturated heterocycles. The lowest BCUT2D eigenvalue weighted by molar-refractivity contribution is -0.141. The molecular formula is C30H34Cl2N2O3. The van der Waals surface area contributed by atoms with E-state index in [0.717, 1.165) is 23.3 Å². The number of nitrogens with zero attached hydrogens (tertiary/aromatic N) is 1. The van der Waals surface area contributed by atoms with Crippen molar-refractivity contribution in [2.45, 2.75) is 58.2 Å². The Morgan fingerprint density at radius 2 is 1.59 bits per heavy atom. The molecule has 0 aromatic heterocycles. The van der Waals surface area contributed by atoms with Crippen molar-refractivity contribution in [3.63, 3.8) is 0 Å². The number of hydrogen-bond acceptors (Lipinski definition) is 3. The zero-order chi connectivity index (χ0) is 26.6. The monoisotopic (exact) mass is 540 g/mol. The fourth-order valence-electron chi connectivity index (χ4n) is 3.90. The molecule has 0 aliphatic carbocycles. The van der Waals surface area contributed by atoms with E-state index in [1.54, 1.807) is 17.0 Å². The van der Waals surface area contributed by atoms with Crippen molar-refractivity contribution < 1.29 is 14.3 Å². The predicted octanol–water partition coefficient (Wildman–Crippen LogP) is 6.71. The van der Waals surface area contributed by atoms with Crippen LogP contribution in [0, 0.1) is 0 Å². The van der Waals surface area contributed by atoms with Crippen LogP contribution in [0.5, 0.6) is 5.75 Å². The van der Waals surface area contributed by atoms with Gasteiger partial charge in [0.15, 0.2) is 0 Å². The smallest absolute Gasteiger partial charge is 0.243 e. The van der Waals surface area contributed by atoms with E-state index in [4.69, 9.17) is 27.9 Å². The molecule has 0 fully saturated rings. The molecule has 37 heavy (non-hydrogen) atoms. The maximum absolute atomic E-state index is 13.6. The first-order chi connectivity index (χ1) is 17.9. The number of rotatable bonds is 13. The minimum absolute atomic E-state index is 0.00743. The Labute approximate surface area is 229 Å². The number of nitrogens with one attached hydrogen (secondary N) is 1. The van der Waals surface area contributed by atoms with E-state index < -0.39 is 6.04 Å². The first-order valence-electron chi connectivity index (χ1n) is 12.6. The van der Waals surface area contributed by atoms with E-state index in [0.29, 0.717) is 29.5 Å². The largest absolute Gasteiger partial charge is 0.494 e. The van der Waals surface area contributed by atoms with Crippen molar-refractivity contribution >= 4 is 35.0 Å². The Balaban J connectivity index is 1.83. The molecule has 0 saturated carbocycles. The molecule has 2 unspecified atom stereocenters. The summed E-state index contributed by atoms with van der Waals surface area (Å²) in [7, 11) is 0. The highest BCUT2D eigenvalue weighted by Crippen LogP contribution is 2.25. The topological polar surface area (TPSA) is 58.6 Å². The van der Waals surface area contributed by atoms with Gasteiger partial charge in [-0.15, -0.1) is 0 Å². The number of carbonyl (C=O) groups excluding carboxylic acids is 2. The van der Waals surface area contributed by atoms with E-state index in [9.17, 15) is 9.59 Å². The van der Waals surface area contributed by atoms with Crippen LogP contribution in [-0.4, -0.2) is 35.4 Å². The van der Waals surface area contributed by atoms with Crippen LogP contribution in [0.4, 0.5) is 0 Å². The molecule has 0 aliphatic heterocycles. The second kappa shape index (κ2) is 14.7. The number of halogens is 2. The molecule has 3 aromatic carbocycles. The third-order valence-electron chi connectivity index (χ3n) is 6.16. The summed E-state index contributed by atoms with van der Waals surface area (Å²) in [5.74, 6) is 0.465. The average Bonchev–Trinajstić information content (AvgIpc) is 2.91. The molecule has 2 atom stereocenters. The van der Waals surface area contributed by atoms with E-state index in [2.05, 4.69) is 5.32 Å². The minimum atomic E-state index is -0.687. The summed E-state index contributed by atoms with van der Waals surface area (Å²) in [6.45, 7) is 4.62. The second-order valence-corrected chi connectivity index (χ2v) is 9.87. The van der Waals surface area contributed by atoms with Crippen LogP contribution < -0.4 is 10.1 Å². The van der Waals surface area contributed by atoms with Gasteiger partial charge in [-0.05, 0) is 55.2 Å². The molecule has 0 bridgehead atoms. The lowest BCUT2D eigenvalue weighted by Gasteiger charge is -2.32. The van der Waals surface area contributed by atoms with Crippen molar-refractivity contribution in [3.8, 4) is 5.75 Å². The maximum Gasteiger partial charge on any atom is 0.243 e. The molecule has 1 N–H and O–H groups in total. The van der Waals surface area contributed by atoms with Crippen molar-refractivity contribution in [3.05, 3.63) is 100 Å². The average molecular weight is 542 g/mol. The molecule has 3 rings (SSSR count). The molecule has 196 valence electrons. The van der Waals surface area contributed by atoms with Gasteiger partial charge in [0.2, 0.25) is 11.8 Å². The zero-order valence-electron chi connectivity index (χ0n) is 21.3. The predicted molar refractivity (Wildman–Crippen MR) is 150 cm³/mol.